The largest absolute Gasteiger partial charge is 0.343 e. The molecule has 4 saturated heterocycles. The van der Waals surface area contributed by atoms with E-state index >= 15 is 0 Å². The molecule has 0 spiro atoms. The number of aromatic nitrogens is 6. The molecule has 82 heavy (non-hydrogen) atoms. The number of carbonyl (C=O) groups is 6. The SMILES string of the molecule is CN[C@@H](C)C(=O)NC1CCCC[C@H]2CC[C@@H](C(=O)N[C@@H](c3ccccc3)c3cn(CCCCc4ccc(CCCCn5cc([C@@H](NC(=O)[C@@H]6CCC7CCCC[C@H](NC(=O)[C@H](C)NC)C(=O)N76)c6ccccc6)nn5)cc4)nn3)N2C1=O. The second-order valence-electron chi connectivity index (χ2n) is 22.9. The van der Waals surface area contributed by atoms with Crippen LogP contribution in [0.25, 0.3) is 0 Å². The van der Waals surface area contributed by atoms with Gasteiger partial charge in [0.05, 0.1) is 36.6 Å². The molecule has 20 heteroatoms. The van der Waals surface area contributed by atoms with Crippen LogP contribution < -0.4 is 31.9 Å². The lowest BCUT2D eigenvalue weighted by Crippen LogP contribution is -2.58. The van der Waals surface area contributed by atoms with Gasteiger partial charge in [-0.15, -0.1) is 10.2 Å². The number of nitrogens with one attached hydrogen (secondary N) is 6. The summed E-state index contributed by atoms with van der Waals surface area (Å²) in [4.78, 5) is 86.0. The molecule has 5 aromatic rings. The molecule has 9 rings (SSSR count). The molecule has 0 aliphatic carbocycles. The lowest BCUT2D eigenvalue weighted by atomic mass is 9.98. The van der Waals surface area contributed by atoms with Gasteiger partial charge in [0.1, 0.15) is 35.6 Å². The molecule has 438 valence electrons. The predicted octanol–water partition coefficient (Wildman–Crippen LogP) is 5.38. The van der Waals surface area contributed by atoms with Gasteiger partial charge >= 0.3 is 0 Å². The average molecular weight is 1120 g/mol. The van der Waals surface area contributed by atoms with Gasteiger partial charge in [0, 0.05) is 25.2 Å². The Balaban J connectivity index is 0.734. The normalized spacial score (nSPS) is 22.5. The molecule has 0 bridgehead atoms. The third-order valence-corrected chi connectivity index (χ3v) is 17.3. The molecule has 6 N–H and O–H groups in total. The van der Waals surface area contributed by atoms with Crippen LogP contribution in [0, 0.1) is 0 Å². The molecule has 3 aromatic carbocycles. The molecule has 2 unspecified atom stereocenters. The Hall–Kier alpha value is -7.32. The zero-order valence-corrected chi connectivity index (χ0v) is 48.2. The standard InChI is InChI=1S/C62H84N14O6/c1-41(63-3)57(77)65-49-27-13-11-25-47-33-35-53(75(47)61(49)81)59(79)67-55(45-21-7-5-8-22-45)51-39-73(71-69-51)37-17-15-19-43-29-31-44(32-30-43)20-16-18-38-74-40-52(70-72-74)56(46-23-9-6-10-24-46)68-60(80)54-36-34-48-26-12-14-28-50(62(82)76(48)54)66-58(78)42(2)64-4/h5-10,21-24,29-32,39-42,47-50,53-56,63-64H,11-20,25-28,33-38H2,1-4H3,(H,65,77)(H,66,78)(H,67,79)(H,68,80)/t41-,42-,47-,48?,49?,50-,53-,54-,55-,56-/m0/s1. The molecule has 0 radical (unpaired) electrons. The summed E-state index contributed by atoms with van der Waals surface area (Å²) in [7, 11) is 3.43. The van der Waals surface area contributed by atoms with Crippen LogP contribution in [-0.4, -0.2) is 138 Å². The zero-order chi connectivity index (χ0) is 57.5. The van der Waals surface area contributed by atoms with Crippen molar-refractivity contribution in [3.8, 4) is 0 Å². The highest BCUT2D eigenvalue weighted by atomic mass is 16.2. The highest BCUT2D eigenvalue weighted by Crippen LogP contribution is 2.34. The third kappa shape index (κ3) is 14.8. The van der Waals surface area contributed by atoms with Gasteiger partial charge in [0.2, 0.25) is 35.4 Å². The van der Waals surface area contributed by atoms with Crippen molar-refractivity contribution >= 4 is 35.4 Å². The molecule has 2 aromatic heterocycles. The number of rotatable bonds is 24. The van der Waals surface area contributed by atoms with Crippen molar-refractivity contribution in [3.05, 3.63) is 131 Å². The molecule has 20 nitrogen and oxygen atoms in total. The van der Waals surface area contributed by atoms with Gasteiger partial charge in [-0.2, -0.15) is 0 Å². The summed E-state index contributed by atoms with van der Waals surface area (Å²) < 4.78 is 3.68. The lowest BCUT2D eigenvalue weighted by molar-refractivity contribution is -0.144. The number of likely N-dealkylation sites (N-methyl/N-ethyl adjacent to an activating group) is 2. The Kier molecular flexibility index (Phi) is 20.7. The molecule has 6 amide bonds. The first-order valence-corrected chi connectivity index (χ1v) is 30.1. The maximum absolute atomic E-state index is 14.3. The molecular weight excluding hydrogens is 1040 g/mol. The van der Waals surface area contributed by atoms with Crippen molar-refractivity contribution < 1.29 is 28.8 Å². The Morgan fingerprint density at radius 2 is 0.902 bits per heavy atom. The fraction of sp³-hybridized carbons (Fsp3) is 0.548. The summed E-state index contributed by atoms with van der Waals surface area (Å²) in [6, 6.07) is 23.5. The van der Waals surface area contributed by atoms with Crippen molar-refractivity contribution in [2.75, 3.05) is 14.1 Å². The minimum Gasteiger partial charge on any atom is -0.343 e. The number of nitrogens with zero attached hydrogens (tertiary/aromatic N) is 8. The van der Waals surface area contributed by atoms with Crippen LogP contribution in [0.3, 0.4) is 0 Å². The van der Waals surface area contributed by atoms with Crippen LogP contribution in [0.15, 0.2) is 97.3 Å². The van der Waals surface area contributed by atoms with Gasteiger partial charge in [-0.25, -0.2) is 0 Å². The second-order valence-corrected chi connectivity index (χ2v) is 22.9. The van der Waals surface area contributed by atoms with Crippen molar-refractivity contribution in [1.29, 1.82) is 0 Å². The first-order chi connectivity index (χ1) is 39.9. The van der Waals surface area contributed by atoms with Crippen LogP contribution in [0.5, 0.6) is 0 Å². The highest BCUT2D eigenvalue weighted by Gasteiger charge is 2.46. The smallest absolute Gasteiger partial charge is 0.246 e. The lowest BCUT2D eigenvalue weighted by Gasteiger charge is -2.36. The number of carbonyl (C=O) groups excluding carboxylic acids is 6. The Morgan fingerprint density at radius 1 is 0.512 bits per heavy atom. The van der Waals surface area contributed by atoms with Gasteiger partial charge in [0.25, 0.3) is 0 Å². The van der Waals surface area contributed by atoms with Gasteiger partial charge in [-0.3, -0.25) is 38.1 Å². The Morgan fingerprint density at radius 3 is 1.29 bits per heavy atom. The minimum atomic E-state index is -0.676. The molecule has 4 fully saturated rings. The molecule has 4 aliphatic heterocycles. The quantitative estimate of drug-likeness (QED) is 0.0427. The number of amides is 6. The van der Waals surface area contributed by atoms with E-state index in [4.69, 9.17) is 0 Å². The number of benzene rings is 3. The Bertz CT molecular complexity index is 2720. The van der Waals surface area contributed by atoms with E-state index in [0.29, 0.717) is 50.2 Å². The van der Waals surface area contributed by atoms with E-state index in [1.165, 1.54) is 11.1 Å². The monoisotopic (exact) mass is 1120 g/mol. The Labute approximate surface area is 482 Å². The average Bonchev–Trinajstić information content (AvgIpc) is 4.39. The molecule has 0 saturated carbocycles. The van der Waals surface area contributed by atoms with Crippen molar-refractivity contribution in [1.82, 2.24) is 71.7 Å². The zero-order valence-electron chi connectivity index (χ0n) is 48.2. The van der Waals surface area contributed by atoms with Crippen LogP contribution in [0.2, 0.25) is 0 Å². The van der Waals surface area contributed by atoms with Crippen LogP contribution in [0.4, 0.5) is 0 Å². The van der Waals surface area contributed by atoms with Crippen molar-refractivity contribution in [3.63, 3.8) is 0 Å². The van der Waals surface area contributed by atoms with Crippen molar-refractivity contribution in [2.24, 2.45) is 0 Å². The maximum Gasteiger partial charge on any atom is 0.246 e. The number of fused-ring (bicyclic) bond motifs is 2. The van der Waals surface area contributed by atoms with Gasteiger partial charge in [-0.05, 0) is 140 Å². The van der Waals surface area contributed by atoms with Gasteiger partial charge in [-0.1, -0.05) is 121 Å². The van der Waals surface area contributed by atoms with E-state index in [-0.39, 0.29) is 47.5 Å². The number of aryl methyl sites for hydroxylation is 4. The summed E-state index contributed by atoms with van der Waals surface area (Å²) in [5.74, 6) is -1.31. The predicted molar refractivity (Wildman–Crippen MR) is 310 cm³/mol. The van der Waals surface area contributed by atoms with E-state index in [0.717, 1.165) is 101 Å². The van der Waals surface area contributed by atoms with E-state index in [1.807, 2.05) is 82.4 Å². The first kappa shape index (κ1) is 59.3. The summed E-state index contributed by atoms with van der Waals surface area (Å²) in [5.41, 5.74) is 5.53. The number of unbranched alkanes of at least 4 members (excludes halogenated alkanes) is 2. The molecule has 10 atom stereocenters. The maximum atomic E-state index is 14.3. The fourth-order valence-corrected chi connectivity index (χ4v) is 12.3. The van der Waals surface area contributed by atoms with Crippen LogP contribution in [-0.2, 0) is 54.7 Å². The molecule has 6 heterocycles. The minimum absolute atomic E-state index is 0.0483. The summed E-state index contributed by atoms with van der Waals surface area (Å²) in [5, 5.41) is 36.4. The van der Waals surface area contributed by atoms with Gasteiger partial charge in [0.15, 0.2) is 0 Å². The fourth-order valence-electron chi connectivity index (χ4n) is 12.3. The third-order valence-electron chi connectivity index (χ3n) is 17.3. The van der Waals surface area contributed by atoms with E-state index in [1.54, 1.807) is 37.7 Å². The van der Waals surface area contributed by atoms with Crippen molar-refractivity contribution in [2.45, 2.75) is 203 Å². The van der Waals surface area contributed by atoms with E-state index in [2.05, 4.69) is 76.8 Å². The van der Waals surface area contributed by atoms with Crippen LogP contribution >= 0.6 is 0 Å². The second kappa shape index (κ2) is 28.6. The van der Waals surface area contributed by atoms with Crippen LogP contribution in [0.1, 0.15) is 162 Å². The summed E-state index contributed by atoms with van der Waals surface area (Å²) in [6.45, 7) is 4.86. The molecule has 4 aliphatic rings. The number of hydrogen-bond donors (Lipinski definition) is 6. The highest BCUT2D eigenvalue weighted by molar-refractivity contribution is 5.95. The summed E-state index contributed by atoms with van der Waals surface area (Å²) >= 11 is 0. The van der Waals surface area contributed by atoms with E-state index in [9.17, 15) is 28.8 Å². The topological polar surface area (TPSA) is 242 Å². The first-order valence-electron chi connectivity index (χ1n) is 30.1. The summed E-state index contributed by atoms with van der Waals surface area (Å²) in [6.07, 6.45) is 18.2. The van der Waals surface area contributed by atoms with E-state index < -0.39 is 48.3 Å². The number of hydrogen-bond acceptors (Lipinski definition) is 12. The van der Waals surface area contributed by atoms with Gasteiger partial charge < -0.3 is 41.7 Å². The molecular formula is C62H84N14O6.